The topological polar surface area (TPSA) is 74.7 Å². The Kier molecular flexibility index (Phi) is 8.57. The molecule has 2 N–H and O–H groups in total. The van der Waals surface area contributed by atoms with Crippen molar-refractivity contribution in [1.82, 2.24) is 14.8 Å². The minimum atomic E-state index is -0.600. The van der Waals surface area contributed by atoms with Crippen LogP contribution >= 0.6 is 0 Å². The number of likely N-dealkylation sites (N-methyl/N-ethyl adjacent to an activating group) is 1. The first-order valence-electron chi connectivity index (χ1n) is 13.4. The molecular formula is C30H34F2N6O2. The van der Waals surface area contributed by atoms with E-state index >= 15 is 0 Å². The molecule has 40 heavy (non-hydrogen) atoms. The van der Waals surface area contributed by atoms with Crippen LogP contribution in [-0.4, -0.2) is 74.2 Å². The molecule has 0 bridgehead atoms. The van der Waals surface area contributed by atoms with Crippen molar-refractivity contribution in [3.8, 4) is 0 Å². The fraction of sp³-hybridized carbons (Fsp3) is 0.333. The molecule has 1 aliphatic heterocycles. The number of aromatic nitrogens is 2. The Balaban J connectivity index is 1.38. The van der Waals surface area contributed by atoms with Gasteiger partial charge < -0.3 is 19.9 Å². The third-order valence-electron chi connectivity index (χ3n) is 7.11. The molecule has 2 heterocycles. The second kappa shape index (κ2) is 12.4. The fourth-order valence-corrected chi connectivity index (χ4v) is 5.07. The number of para-hydroxylation sites is 1. The molecule has 1 saturated heterocycles. The number of rotatable bonds is 10. The van der Waals surface area contributed by atoms with Gasteiger partial charge in [0.05, 0.1) is 28.7 Å². The molecule has 8 nitrogen and oxygen atoms in total. The lowest BCUT2D eigenvalue weighted by Gasteiger charge is -2.36. The van der Waals surface area contributed by atoms with Gasteiger partial charge >= 0.3 is 0 Å². The monoisotopic (exact) mass is 548 g/mol. The fourth-order valence-electron chi connectivity index (χ4n) is 5.07. The van der Waals surface area contributed by atoms with Crippen molar-refractivity contribution in [2.45, 2.75) is 12.8 Å². The summed E-state index contributed by atoms with van der Waals surface area (Å²) in [5, 5.41) is 8.69. The van der Waals surface area contributed by atoms with Gasteiger partial charge in [0.15, 0.2) is 0 Å². The zero-order valence-corrected chi connectivity index (χ0v) is 22.8. The number of amides is 1. The number of carbonyl (C=O) groups is 1. The highest BCUT2D eigenvalue weighted by molar-refractivity contribution is 6.07. The second-order valence-electron chi connectivity index (χ2n) is 10.1. The highest BCUT2D eigenvalue weighted by Crippen LogP contribution is 2.32. The van der Waals surface area contributed by atoms with Crippen molar-refractivity contribution >= 4 is 28.2 Å². The van der Waals surface area contributed by atoms with Crippen LogP contribution in [0.1, 0.15) is 27.9 Å². The number of carbonyl (C=O) groups excluding carboxylic acids is 1. The summed E-state index contributed by atoms with van der Waals surface area (Å²) in [5.74, 6) is -1.47. The third kappa shape index (κ3) is 6.40. The summed E-state index contributed by atoms with van der Waals surface area (Å²) in [7, 11) is 3.79. The number of piperazine rings is 1. The van der Waals surface area contributed by atoms with Crippen LogP contribution in [0.4, 0.5) is 20.2 Å². The third-order valence-corrected chi connectivity index (χ3v) is 7.11. The average molecular weight is 549 g/mol. The van der Waals surface area contributed by atoms with Gasteiger partial charge in [0.1, 0.15) is 11.6 Å². The van der Waals surface area contributed by atoms with Gasteiger partial charge in [-0.25, -0.2) is 14.2 Å². The zero-order valence-electron chi connectivity index (χ0n) is 22.8. The number of nitrogens with zero attached hydrogens (tertiary/aromatic N) is 4. The highest BCUT2D eigenvalue weighted by atomic mass is 19.1. The smallest absolute Gasteiger partial charge is 0.273 e. The van der Waals surface area contributed by atoms with Crippen LogP contribution in [0.15, 0.2) is 60.8 Å². The van der Waals surface area contributed by atoms with E-state index in [1.54, 1.807) is 13.3 Å². The van der Waals surface area contributed by atoms with E-state index in [1.165, 1.54) is 16.9 Å². The summed E-state index contributed by atoms with van der Waals surface area (Å²) >= 11 is 0. The van der Waals surface area contributed by atoms with E-state index in [-0.39, 0.29) is 5.91 Å². The summed E-state index contributed by atoms with van der Waals surface area (Å²) in [6.07, 6.45) is 2.89. The van der Waals surface area contributed by atoms with Crippen LogP contribution in [0, 0.1) is 11.6 Å². The van der Waals surface area contributed by atoms with E-state index in [4.69, 9.17) is 4.74 Å². The lowest BCUT2D eigenvalue weighted by atomic mass is 10.0. The molecule has 1 fully saturated rings. The van der Waals surface area contributed by atoms with E-state index in [2.05, 4.69) is 32.7 Å². The van der Waals surface area contributed by atoms with Crippen molar-refractivity contribution in [3.63, 3.8) is 0 Å². The van der Waals surface area contributed by atoms with Crippen LogP contribution in [-0.2, 0) is 11.2 Å². The lowest BCUT2D eigenvalue weighted by Crippen LogP contribution is -2.45. The first-order chi connectivity index (χ1) is 19.4. The number of ether oxygens (including phenoxy) is 1. The Morgan fingerprint density at radius 1 is 1.00 bits per heavy atom. The molecule has 10 heteroatoms. The molecule has 5 rings (SSSR count). The van der Waals surface area contributed by atoms with Crippen molar-refractivity contribution in [1.29, 1.82) is 0 Å². The van der Waals surface area contributed by atoms with Crippen molar-refractivity contribution in [2.75, 3.05) is 69.1 Å². The lowest BCUT2D eigenvalue weighted by molar-refractivity contribution is 0.101. The maximum Gasteiger partial charge on any atom is 0.273 e. The van der Waals surface area contributed by atoms with Gasteiger partial charge in [-0.1, -0.05) is 12.1 Å². The van der Waals surface area contributed by atoms with Crippen LogP contribution < -0.4 is 15.6 Å². The van der Waals surface area contributed by atoms with E-state index in [0.29, 0.717) is 24.2 Å². The number of benzene rings is 3. The maximum atomic E-state index is 13.7. The van der Waals surface area contributed by atoms with Crippen LogP contribution in [0.3, 0.4) is 0 Å². The second-order valence-corrected chi connectivity index (χ2v) is 10.1. The largest absolute Gasteiger partial charge is 0.385 e. The van der Waals surface area contributed by atoms with Gasteiger partial charge in [0.2, 0.25) is 0 Å². The summed E-state index contributed by atoms with van der Waals surface area (Å²) in [5.41, 5.74) is 7.45. The number of halogens is 2. The molecule has 0 unspecified atom stereocenters. The number of hydrogen-bond donors (Lipinski definition) is 2. The molecule has 0 spiro atoms. The van der Waals surface area contributed by atoms with E-state index in [1.807, 2.05) is 36.4 Å². The van der Waals surface area contributed by atoms with E-state index < -0.39 is 11.6 Å². The molecule has 1 amide bonds. The molecule has 3 aromatic carbocycles. The first-order valence-corrected chi connectivity index (χ1v) is 13.4. The molecule has 4 aromatic rings. The average Bonchev–Trinajstić information content (AvgIpc) is 3.32. The molecular weight excluding hydrogens is 514 g/mol. The zero-order chi connectivity index (χ0) is 28.1. The molecule has 210 valence electrons. The Morgan fingerprint density at radius 3 is 2.52 bits per heavy atom. The van der Waals surface area contributed by atoms with Crippen molar-refractivity contribution in [2.24, 2.45) is 0 Å². The van der Waals surface area contributed by atoms with E-state index in [9.17, 15) is 13.6 Å². The van der Waals surface area contributed by atoms with Gasteiger partial charge in [-0.15, -0.1) is 0 Å². The molecule has 0 aliphatic carbocycles. The number of anilines is 2. The van der Waals surface area contributed by atoms with Gasteiger partial charge in [-0.3, -0.25) is 4.79 Å². The Morgan fingerprint density at radius 2 is 1.77 bits per heavy atom. The van der Waals surface area contributed by atoms with Crippen LogP contribution in [0.25, 0.3) is 10.9 Å². The summed E-state index contributed by atoms with van der Waals surface area (Å²) in [6, 6.07) is 14.9. The van der Waals surface area contributed by atoms with E-state index in [0.717, 1.165) is 73.1 Å². The van der Waals surface area contributed by atoms with Gasteiger partial charge in [0.25, 0.3) is 5.91 Å². The minimum Gasteiger partial charge on any atom is -0.385 e. The first kappa shape index (κ1) is 27.5. The standard InChI is InChI=1S/C30H34F2N6O2/c1-36-10-12-37(13-11-36)29-26(5-3-6-27(29)33-9-4-14-40-2)30(39)35-38-28-8-7-21(16-23(28)20-34-38)15-22-17-24(31)19-25(32)18-22/h3,5-8,16-20,33H,4,9-15H2,1-2H3,(H,35,39). The Bertz CT molecular complexity index is 1460. The summed E-state index contributed by atoms with van der Waals surface area (Å²) < 4.78 is 32.4. The summed E-state index contributed by atoms with van der Waals surface area (Å²) in [6.45, 7) is 4.84. The SMILES string of the molecule is COCCCNc1cccc(C(=O)Nn2ncc3cc(Cc4cc(F)cc(F)c4)ccc32)c1N1CCN(C)CC1. The molecule has 0 saturated carbocycles. The molecule has 0 radical (unpaired) electrons. The predicted octanol–water partition coefficient (Wildman–Crippen LogP) is 4.49. The van der Waals surface area contributed by atoms with Gasteiger partial charge in [-0.05, 0) is 67.4 Å². The number of methoxy groups -OCH3 is 1. The van der Waals surface area contributed by atoms with Gasteiger partial charge in [0, 0.05) is 57.9 Å². The molecule has 1 aromatic heterocycles. The van der Waals surface area contributed by atoms with Crippen molar-refractivity contribution < 1.29 is 18.3 Å². The predicted molar refractivity (Wildman–Crippen MR) is 154 cm³/mol. The highest BCUT2D eigenvalue weighted by Gasteiger charge is 2.24. The van der Waals surface area contributed by atoms with Crippen molar-refractivity contribution in [3.05, 3.63) is 89.1 Å². The quantitative estimate of drug-likeness (QED) is 0.285. The number of hydrogen-bond acceptors (Lipinski definition) is 6. The van der Waals surface area contributed by atoms with Crippen LogP contribution in [0.2, 0.25) is 0 Å². The summed E-state index contributed by atoms with van der Waals surface area (Å²) in [4.78, 5) is 19.7. The molecule has 0 atom stereocenters. The number of fused-ring (bicyclic) bond motifs is 1. The normalized spacial score (nSPS) is 14.1. The Hall–Kier alpha value is -4.02. The van der Waals surface area contributed by atoms with Gasteiger partial charge in [-0.2, -0.15) is 9.89 Å². The minimum absolute atomic E-state index is 0.265. The molecule has 1 aliphatic rings. The maximum absolute atomic E-state index is 13.7. The Labute approximate surface area is 232 Å². The van der Waals surface area contributed by atoms with Crippen LogP contribution in [0.5, 0.6) is 0 Å². The number of nitrogens with one attached hydrogen (secondary N) is 2.